The first kappa shape index (κ1) is 46.3. The number of hydrogen-bond acceptors (Lipinski definition) is 0. The number of benzene rings is 10. The van der Waals surface area contributed by atoms with Crippen LogP contribution in [-0.4, -0.2) is 0 Å². The van der Waals surface area contributed by atoms with Crippen LogP contribution >= 0.6 is 29.3 Å². The SMILES string of the molecule is [Br][Pd+].[Li+].[c-]1c2c([c-]c3cc4ccccc4cc13)Cc1ccccc1C2.c1ccc([PH+](c2ccccc2)c2ccccc2)cc1.c1ccc([PH+](c2ccccc2)c2ccccc2)cc1. The molecule has 0 unspecified atom stereocenters. The fourth-order valence-corrected chi connectivity index (χ4v) is 13.3. The van der Waals surface area contributed by atoms with E-state index in [0.29, 0.717) is 0 Å². The van der Waals surface area contributed by atoms with E-state index in [2.05, 4.69) is 285 Å². The van der Waals surface area contributed by atoms with Gasteiger partial charge in [-0.25, -0.2) is 34.0 Å². The number of hydrogen-bond donors (Lipinski definition) is 0. The van der Waals surface area contributed by atoms with Crippen molar-refractivity contribution in [3.8, 4) is 0 Å². The summed E-state index contributed by atoms with van der Waals surface area (Å²) in [6, 6.07) is 94.0. The molecule has 0 amide bonds. The van der Waals surface area contributed by atoms with E-state index in [1.165, 1.54) is 75.6 Å². The van der Waals surface area contributed by atoms with Crippen LogP contribution in [-0.2, 0) is 30.0 Å². The van der Waals surface area contributed by atoms with Crippen LogP contribution in [0.2, 0.25) is 0 Å². The first-order chi connectivity index (χ1) is 30.8. The molecule has 1 aliphatic rings. The Morgan fingerprint density at radius 2 is 0.540 bits per heavy atom. The second kappa shape index (κ2) is 23.8. The summed E-state index contributed by atoms with van der Waals surface area (Å²) in [5.74, 6) is 0. The normalized spacial score (nSPS) is 11.1. The molecule has 304 valence electrons. The van der Waals surface area contributed by atoms with Gasteiger partial charge in [-0.3, -0.25) is 0 Å². The fraction of sp³-hybridized carbons (Fsp3) is 0.0345. The molecule has 0 aliphatic heterocycles. The zero-order valence-electron chi connectivity index (χ0n) is 35.2. The molecule has 10 aromatic rings. The maximum atomic E-state index is 3.65. The van der Waals surface area contributed by atoms with Crippen molar-refractivity contribution >= 4 is 82.6 Å². The topological polar surface area (TPSA) is 0 Å². The van der Waals surface area contributed by atoms with Gasteiger partial charge in [-0.15, -0.1) is 0 Å². The van der Waals surface area contributed by atoms with Gasteiger partial charge in [-0.2, -0.15) is 12.1 Å². The van der Waals surface area contributed by atoms with E-state index >= 15 is 0 Å². The van der Waals surface area contributed by atoms with E-state index in [1.54, 1.807) is 0 Å². The van der Waals surface area contributed by atoms with Crippen molar-refractivity contribution in [1.29, 1.82) is 0 Å². The van der Waals surface area contributed by atoms with Gasteiger partial charge < -0.3 is 0 Å². The minimum atomic E-state index is -0.877. The van der Waals surface area contributed by atoms with Crippen molar-refractivity contribution in [2.75, 3.05) is 0 Å². The maximum absolute atomic E-state index is 3.65. The van der Waals surface area contributed by atoms with Gasteiger partial charge in [-0.05, 0) is 72.8 Å². The minimum Gasteiger partial charge on any atom is -0.242 e. The molecule has 11 rings (SSSR count). The molecule has 0 radical (unpaired) electrons. The van der Waals surface area contributed by atoms with Gasteiger partial charge in [0.2, 0.25) is 0 Å². The molecular weight excluding hydrogens is 952 g/mol. The van der Waals surface area contributed by atoms with Crippen molar-refractivity contribution in [1.82, 2.24) is 0 Å². The van der Waals surface area contributed by atoms with Crippen LogP contribution in [0.25, 0.3) is 21.5 Å². The Kier molecular flexibility index (Phi) is 17.5. The molecule has 0 heterocycles. The predicted molar refractivity (Wildman–Crippen MR) is 273 cm³/mol. The molecule has 1 aliphatic carbocycles. The molecule has 0 atom stereocenters. The van der Waals surface area contributed by atoms with Crippen LogP contribution in [0.5, 0.6) is 0 Å². The second-order valence-electron chi connectivity index (χ2n) is 15.0. The average Bonchev–Trinajstić information content (AvgIpc) is 3.35. The summed E-state index contributed by atoms with van der Waals surface area (Å²) >= 11 is 5.35. The number of rotatable bonds is 6. The summed E-state index contributed by atoms with van der Waals surface area (Å²) in [4.78, 5) is 0. The van der Waals surface area contributed by atoms with Crippen LogP contribution < -0.4 is 50.7 Å². The first-order valence-corrected chi connectivity index (χ1v) is 27.4. The van der Waals surface area contributed by atoms with E-state index in [-0.39, 0.29) is 18.9 Å². The molecule has 0 fully saturated rings. The standard InChI is InChI=1S/C22H14.2C18H15P.BrH.Li.Pd/c1-2-6-16-10-20-14-22-12-18-8-4-3-7-17(18)11-21(22)13-19(20)9-15(16)5-1;2*1-4-10-16(11-5-1)19(17-12-6-2-7-13-17)18-14-8-3-9-15-18;;;/h1-10H,11-12H2;2*1-15H;1H;;/q-2;;;;+1;+2/p+1. The van der Waals surface area contributed by atoms with E-state index in [1.807, 2.05) is 0 Å². The molecule has 5 heteroatoms. The summed E-state index contributed by atoms with van der Waals surface area (Å²) in [6.45, 7) is 0. The second-order valence-corrected chi connectivity index (χ2v) is 20.0. The Balaban J connectivity index is 0.000000138. The van der Waals surface area contributed by atoms with Gasteiger partial charge in [0.25, 0.3) is 0 Å². The molecule has 10 aromatic carbocycles. The maximum Gasteiger partial charge on any atom is 1.00 e. The molecule has 63 heavy (non-hydrogen) atoms. The van der Waals surface area contributed by atoms with Crippen molar-refractivity contribution < 1.29 is 36.0 Å². The van der Waals surface area contributed by atoms with Gasteiger partial charge in [0.15, 0.2) is 0 Å². The number of halogens is 1. The summed E-state index contributed by atoms with van der Waals surface area (Å²) in [7, 11) is -1.75. The Morgan fingerprint density at radius 1 is 0.317 bits per heavy atom. The molecule has 0 saturated carbocycles. The fourth-order valence-electron chi connectivity index (χ4n) is 8.14. The van der Waals surface area contributed by atoms with Crippen LogP contribution in [0.3, 0.4) is 0 Å². The number of fused-ring (bicyclic) bond motifs is 4. The third kappa shape index (κ3) is 11.9. The van der Waals surface area contributed by atoms with Crippen LogP contribution in [0.15, 0.2) is 243 Å². The van der Waals surface area contributed by atoms with Gasteiger partial charge in [-0.1, -0.05) is 192 Å². The minimum absolute atomic E-state index is 0. The van der Waals surface area contributed by atoms with Gasteiger partial charge >= 0.3 is 49.5 Å². The zero-order valence-corrected chi connectivity index (χ0v) is 40.3. The molecule has 0 nitrogen and oxygen atoms in total. The molecular formula is C58H46BrLiP2Pd+2. The molecule has 0 N–H and O–H groups in total. The first-order valence-electron chi connectivity index (χ1n) is 20.8. The summed E-state index contributed by atoms with van der Waals surface area (Å²) in [5.41, 5.74) is 5.47. The average molecular weight is 998 g/mol. The molecule has 0 saturated heterocycles. The quantitative estimate of drug-likeness (QED) is 0.0675. The van der Waals surface area contributed by atoms with E-state index < -0.39 is 15.8 Å². The summed E-state index contributed by atoms with van der Waals surface area (Å²) in [6.07, 6.45) is 1.95. The Labute approximate surface area is 405 Å². The van der Waals surface area contributed by atoms with Crippen molar-refractivity contribution in [3.05, 3.63) is 277 Å². The predicted octanol–water partition coefficient (Wildman–Crippen LogP) is 9.29. The summed E-state index contributed by atoms with van der Waals surface area (Å²) in [5, 5.41) is 13.5. The van der Waals surface area contributed by atoms with Gasteiger partial charge in [0, 0.05) is 0 Å². The van der Waals surface area contributed by atoms with E-state index in [9.17, 15) is 0 Å². The Bertz CT molecular complexity index is 2530. The Hall–Kier alpha value is -4.68. The largest absolute Gasteiger partial charge is 1.00 e. The zero-order chi connectivity index (χ0) is 42.4. The smallest absolute Gasteiger partial charge is 0.242 e. The van der Waals surface area contributed by atoms with Crippen LogP contribution in [0, 0.1) is 12.1 Å². The monoisotopic (exact) mass is 996 g/mol. The van der Waals surface area contributed by atoms with Crippen molar-refractivity contribution in [2.24, 2.45) is 0 Å². The van der Waals surface area contributed by atoms with E-state index in [4.69, 9.17) is 0 Å². The third-order valence-electron chi connectivity index (χ3n) is 11.0. The Morgan fingerprint density at radius 3 is 0.794 bits per heavy atom. The van der Waals surface area contributed by atoms with Crippen molar-refractivity contribution in [2.45, 2.75) is 12.8 Å². The van der Waals surface area contributed by atoms with Crippen LogP contribution in [0.1, 0.15) is 22.3 Å². The molecule has 0 spiro atoms. The van der Waals surface area contributed by atoms with E-state index in [0.717, 1.165) is 12.8 Å². The molecule has 0 aromatic heterocycles. The van der Waals surface area contributed by atoms with Gasteiger partial charge in [0.1, 0.15) is 31.8 Å². The van der Waals surface area contributed by atoms with Gasteiger partial charge in [0.05, 0.1) is 15.8 Å². The summed E-state index contributed by atoms with van der Waals surface area (Å²) < 4.78 is 0. The molecule has 0 bridgehead atoms. The van der Waals surface area contributed by atoms with Crippen molar-refractivity contribution in [3.63, 3.8) is 0 Å². The van der Waals surface area contributed by atoms with Crippen LogP contribution in [0.4, 0.5) is 0 Å². The third-order valence-corrected chi connectivity index (χ3v) is 16.5.